The van der Waals surface area contributed by atoms with E-state index in [0.717, 1.165) is 30.0 Å². The molecule has 0 aliphatic rings. The van der Waals surface area contributed by atoms with Crippen LogP contribution in [0.15, 0.2) is 30.5 Å². The summed E-state index contributed by atoms with van der Waals surface area (Å²) < 4.78 is 57.9. The number of pyridine rings is 1. The van der Waals surface area contributed by atoms with E-state index in [1.165, 1.54) is 6.07 Å². The van der Waals surface area contributed by atoms with Gasteiger partial charge in [-0.15, -0.1) is 0 Å². The van der Waals surface area contributed by atoms with Crippen molar-refractivity contribution in [3.63, 3.8) is 0 Å². The number of carbonyl (C=O) groups is 1. The molecular weight excluding hydrogens is 378 g/mol. The van der Waals surface area contributed by atoms with Gasteiger partial charge in [0.25, 0.3) is 0 Å². The molecule has 10 heteroatoms. The first-order valence-electron chi connectivity index (χ1n) is 7.16. The van der Waals surface area contributed by atoms with E-state index in [9.17, 15) is 22.4 Å². The number of rotatable bonds is 3. The van der Waals surface area contributed by atoms with Crippen molar-refractivity contribution in [3.8, 4) is 0 Å². The second-order valence-corrected chi connectivity index (χ2v) is 5.73. The van der Waals surface area contributed by atoms with E-state index in [2.05, 4.69) is 14.8 Å². The highest BCUT2D eigenvalue weighted by Crippen LogP contribution is 2.31. The summed E-state index contributed by atoms with van der Waals surface area (Å²) in [7, 11) is 1.12. The van der Waals surface area contributed by atoms with Crippen molar-refractivity contribution in [3.05, 3.63) is 58.1 Å². The van der Waals surface area contributed by atoms with E-state index in [-0.39, 0.29) is 28.3 Å². The van der Waals surface area contributed by atoms with Gasteiger partial charge in [0.05, 0.1) is 24.7 Å². The van der Waals surface area contributed by atoms with E-state index < -0.39 is 23.5 Å². The second-order valence-electron chi connectivity index (χ2n) is 5.32. The van der Waals surface area contributed by atoms with Crippen molar-refractivity contribution in [2.45, 2.75) is 12.7 Å². The minimum Gasteiger partial charge on any atom is -0.464 e. The molecule has 0 saturated carbocycles. The largest absolute Gasteiger partial charge is 0.464 e. The van der Waals surface area contributed by atoms with Gasteiger partial charge in [0, 0.05) is 11.2 Å². The third kappa shape index (κ3) is 3.34. The molecule has 0 atom stereocenters. The lowest BCUT2D eigenvalue weighted by atomic mass is 10.2. The topological polar surface area (TPSA) is 57.0 Å². The Hall–Kier alpha value is -2.68. The molecule has 0 fully saturated rings. The molecule has 0 amide bonds. The highest BCUT2D eigenvalue weighted by atomic mass is 35.5. The normalized spacial score (nSPS) is 11.8. The van der Waals surface area contributed by atoms with Crippen molar-refractivity contribution in [1.29, 1.82) is 0 Å². The summed E-state index contributed by atoms with van der Waals surface area (Å²) in [6.07, 6.45) is -4.00. The number of nitrogens with zero attached hydrogens (tertiary/aromatic N) is 3. The van der Waals surface area contributed by atoms with Gasteiger partial charge in [-0.05, 0) is 23.8 Å². The van der Waals surface area contributed by atoms with Gasteiger partial charge in [-0.25, -0.2) is 9.18 Å². The molecule has 5 nitrogen and oxygen atoms in total. The monoisotopic (exact) mass is 387 g/mol. The van der Waals surface area contributed by atoms with Gasteiger partial charge in [-0.2, -0.15) is 18.3 Å². The van der Waals surface area contributed by atoms with Crippen LogP contribution in [0.25, 0.3) is 11.0 Å². The first-order valence-corrected chi connectivity index (χ1v) is 7.54. The number of alkyl halides is 3. The molecule has 136 valence electrons. The average Bonchev–Trinajstić information content (AvgIpc) is 2.94. The van der Waals surface area contributed by atoms with Crippen molar-refractivity contribution >= 4 is 28.6 Å². The molecule has 0 saturated heterocycles. The quantitative estimate of drug-likeness (QED) is 0.502. The van der Waals surface area contributed by atoms with Crippen LogP contribution in [0, 0.1) is 5.82 Å². The number of ether oxygens (including phenoxy) is 1. The van der Waals surface area contributed by atoms with Crippen molar-refractivity contribution in [2.75, 3.05) is 7.11 Å². The molecule has 0 spiro atoms. The maximum atomic E-state index is 13.2. The third-order valence-electron chi connectivity index (χ3n) is 3.63. The molecule has 0 unspecified atom stereocenters. The lowest BCUT2D eigenvalue weighted by molar-refractivity contribution is -0.137. The van der Waals surface area contributed by atoms with Crippen LogP contribution in [0.2, 0.25) is 5.02 Å². The van der Waals surface area contributed by atoms with E-state index in [0.29, 0.717) is 11.8 Å². The summed E-state index contributed by atoms with van der Waals surface area (Å²) >= 11 is 5.96. The molecule has 0 aliphatic heterocycles. The summed E-state index contributed by atoms with van der Waals surface area (Å²) in [6, 6.07) is 4.44. The fourth-order valence-corrected chi connectivity index (χ4v) is 2.60. The van der Waals surface area contributed by atoms with Crippen LogP contribution in [-0.4, -0.2) is 27.8 Å². The van der Waals surface area contributed by atoms with Crippen LogP contribution in [0.1, 0.15) is 21.6 Å². The van der Waals surface area contributed by atoms with Crippen LogP contribution in [0.5, 0.6) is 0 Å². The molecule has 3 rings (SSSR count). The highest BCUT2D eigenvalue weighted by Gasteiger charge is 2.32. The zero-order valence-corrected chi connectivity index (χ0v) is 13.9. The Morgan fingerprint density at radius 3 is 2.65 bits per heavy atom. The fourth-order valence-electron chi connectivity index (χ4n) is 2.38. The van der Waals surface area contributed by atoms with Crippen LogP contribution < -0.4 is 0 Å². The number of benzene rings is 1. The molecular formula is C16H10ClF4N3O2. The molecule has 1 aromatic carbocycles. The van der Waals surface area contributed by atoms with Crippen LogP contribution >= 0.6 is 11.6 Å². The number of methoxy groups -OCH3 is 1. The van der Waals surface area contributed by atoms with Gasteiger partial charge < -0.3 is 4.74 Å². The number of esters is 1. The van der Waals surface area contributed by atoms with Crippen molar-refractivity contribution in [2.24, 2.45) is 0 Å². The Labute approximate surface area is 149 Å². The molecule has 0 aliphatic carbocycles. The smallest absolute Gasteiger partial charge is 0.417 e. The molecule has 0 bridgehead atoms. The zero-order valence-electron chi connectivity index (χ0n) is 13.1. The molecule has 0 radical (unpaired) electrons. The van der Waals surface area contributed by atoms with Crippen LogP contribution in [0.4, 0.5) is 17.6 Å². The summed E-state index contributed by atoms with van der Waals surface area (Å²) in [6.45, 7) is -0.0877. The maximum absolute atomic E-state index is 13.2. The first kappa shape index (κ1) is 18.1. The lowest BCUT2D eigenvalue weighted by Crippen LogP contribution is -2.07. The molecule has 3 aromatic rings. The van der Waals surface area contributed by atoms with Crippen LogP contribution in [0.3, 0.4) is 0 Å². The van der Waals surface area contributed by atoms with E-state index in [1.807, 2.05) is 0 Å². The second kappa shape index (κ2) is 6.56. The van der Waals surface area contributed by atoms with E-state index >= 15 is 0 Å². The Balaban J connectivity index is 2.17. The van der Waals surface area contributed by atoms with Gasteiger partial charge in [0.2, 0.25) is 0 Å². The van der Waals surface area contributed by atoms with E-state index in [1.54, 1.807) is 0 Å². The molecule has 26 heavy (non-hydrogen) atoms. The predicted octanol–water partition coefficient (Wildman–Crippen LogP) is 4.08. The third-order valence-corrected chi connectivity index (χ3v) is 3.98. The van der Waals surface area contributed by atoms with Crippen molar-refractivity contribution in [1.82, 2.24) is 14.8 Å². The lowest BCUT2D eigenvalue weighted by Gasteiger charge is -2.08. The van der Waals surface area contributed by atoms with Gasteiger partial charge in [-0.3, -0.25) is 9.67 Å². The number of halogens is 5. The summed E-state index contributed by atoms with van der Waals surface area (Å²) in [4.78, 5) is 15.6. The predicted molar refractivity (Wildman–Crippen MR) is 84.4 cm³/mol. The summed E-state index contributed by atoms with van der Waals surface area (Å²) in [5, 5.41) is 4.08. The number of aromatic nitrogens is 3. The van der Waals surface area contributed by atoms with Gasteiger partial charge in [-0.1, -0.05) is 17.7 Å². The van der Waals surface area contributed by atoms with Gasteiger partial charge in [0.1, 0.15) is 11.3 Å². The summed E-state index contributed by atoms with van der Waals surface area (Å²) in [5.41, 5.74) is -0.878. The molecule has 0 N–H and O–H groups in total. The van der Waals surface area contributed by atoms with Crippen LogP contribution in [-0.2, 0) is 17.5 Å². The average molecular weight is 388 g/mol. The molecule has 2 aromatic heterocycles. The first-order chi connectivity index (χ1) is 12.2. The SMILES string of the molecule is COC(=O)c1nn(Cc2ccc(F)cc2Cl)c2cc(C(F)(F)F)cnc12. The molecule has 2 heterocycles. The minimum absolute atomic E-state index is 0.0272. The number of hydrogen-bond acceptors (Lipinski definition) is 4. The van der Waals surface area contributed by atoms with Gasteiger partial charge in [0.15, 0.2) is 5.69 Å². The van der Waals surface area contributed by atoms with Crippen molar-refractivity contribution < 1.29 is 27.1 Å². The summed E-state index contributed by atoms with van der Waals surface area (Å²) in [5.74, 6) is -1.40. The number of carbonyl (C=O) groups excluding carboxylic acids is 1. The number of hydrogen-bond donors (Lipinski definition) is 0. The number of fused-ring (bicyclic) bond motifs is 1. The fraction of sp³-hybridized carbons (Fsp3) is 0.188. The Morgan fingerprint density at radius 2 is 2.04 bits per heavy atom. The Morgan fingerprint density at radius 1 is 1.31 bits per heavy atom. The standard InChI is InChI=1S/C16H10ClF4N3O2/c1-26-15(25)14-13-12(4-9(6-22-13)16(19,20)21)24(23-14)7-8-2-3-10(18)5-11(8)17/h2-6H,7H2,1H3. The van der Waals surface area contributed by atoms with E-state index in [4.69, 9.17) is 11.6 Å². The zero-order chi connectivity index (χ0) is 19.1. The van der Waals surface area contributed by atoms with Gasteiger partial charge >= 0.3 is 12.1 Å². The minimum atomic E-state index is -4.62. The maximum Gasteiger partial charge on any atom is 0.417 e. The Kier molecular flexibility index (Phi) is 4.57. The Bertz CT molecular complexity index is 1000. The highest BCUT2D eigenvalue weighted by molar-refractivity contribution is 6.31.